The van der Waals surface area contributed by atoms with Crippen molar-refractivity contribution in [2.24, 2.45) is 0 Å². The molecule has 1 aromatic heterocycles. The van der Waals surface area contributed by atoms with Gasteiger partial charge in [-0.1, -0.05) is 18.5 Å². The molecule has 1 saturated carbocycles. The van der Waals surface area contributed by atoms with Gasteiger partial charge >= 0.3 is 5.97 Å². The Morgan fingerprint density at radius 3 is 3.11 bits per heavy atom. The number of nitrogens with zero attached hydrogens (tertiary/aromatic N) is 1. The average Bonchev–Trinajstić information content (AvgIpc) is 2.79. The standard InChI is InChI=1S/C13H17ClN2O2S/c1-2-19-9-4-3-8(5-9)16-12-6-10(13(17)18)11(14)7-15-12/h6-9H,2-5H2,1H3,(H,15,16)(H,17,18). The molecular formula is C13H17ClN2O2S. The van der Waals surface area contributed by atoms with Crippen LogP contribution in [0.3, 0.4) is 0 Å². The molecule has 0 radical (unpaired) electrons. The number of carbonyl (C=O) groups is 1. The Bertz CT molecular complexity index is 470. The van der Waals surface area contributed by atoms with Crippen LogP contribution in [0.25, 0.3) is 0 Å². The van der Waals surface area contributed by atoms with Crippen molar-refractivity contribution in [3.05, 3.63) is 22.8 Å². The minimum absolute atomic E-state index is 0.0941. The molecule has 0 aromatic carbocycles. The Morgan fingerprint density at radius 1 is 1.63 bits per heavy atom. The first-order valence-corrected chi connectivity index (χ1v) is 7.79. The van der Waals surface area contributed by atoms with Gasteiger partial charge in [0, 0.05) is 17.5 Å². The summed E-state index contributed by atoms with van der Waals surface area (Å²) in [5.41, 5.74) is 0.0941. The molecule has 104 valence electrons. The summed E-state index contributed by atoms with van der Waals surface area (Å²) in [4.78, 5) is 15.1. The molecular weight excluding hydrogens is 284 g/mol. The van der Waals surface area contributed by atoms with Gasteiger partial charge in [0.25, 0.3) is 0 Å². The van der Waals surface area contributed by atoms with Crippen LogP contribution < -0.4 is 5.32 Å². The molecule has 0 aliphatic heterocycles. The zero-order valence-corrected chi connectivity index (χ0v) is 12.3. The summed E-state index contributed by atoms with van der Waals surface area (Å²) in [6.45, 7) is 2.17. The maximum absolute atomic E-state index is 11.0. The van der Waals surface area contributed by atoms with Gasteiger partial charge in [0.1, 0.15) is 5.82 Å². The SMILES string of the molecule is CCSC1CCC(Nc2cc(C(=O)O)c(Cl)cn2)C1. The van der Waals surface area contributed by atoms with Crippen LogP contribution in [0.15, 0.2) is 12.3 Å². The van der Waals surface area contributed by atoms with Gasteiger partial charge in [-0.25, -0.2) is 9.78 Å². The van der Waals surface area contributed by atoms with Crippen molar-refractivity contribution in [3.8, 4) is 0 Å². The van der Waals surface area contributed by atoms with E-state index in [9.17, 15) is 4.79 Å². The van der Waals surface area contributed by atoms with Gasteiger partial charge in [0.15, 0.2) is 0 Å². The number of thioether (sulfide) groups is 1. The molecule has 2 atom stereocenters. The third kappa shape index (κ3) is 3.76. The van der Waals surface area contributed by atoms with Crippen LogP contribution in [0.1, 0.15) is 36.5 Å². The fourth-order valence-electron chi connectivity index (χ4n) is 2.35. The highest BCUT2D eigenvalue weighted by Crippen LogP contribution is 2.31. The van der Waals surface area contributed by atoms with Crippen molar-refractivity contribution >= 4 is 35.1 Å². The number of carboxylic acid groups (broad SMARTS) is 1. The molecule has 4 nitrogen and oxygen atoms in total. The van der Waals surface area contributed by atoms with E-state index in [1.54, 1.807) is 0 Å². The van der Waals surface area contributed by atoms with E-state index in [2.05, 4.69) is 17.2 Å². The molecule has 19 heavy (non-hydrogen) atoms. The maximum Gasteiger partial charge on any atom is 0.337 e. The van der Waals surface area contributed by atoms with Gasteiger partial charge in [0.2, 0.25) is 0 Å². The summed E-state index contributed by atoms with van der Waals surface area (Å²) in [6.07, 6.45) is 4.80. The van der Waals surface area contributed by atoms with Crippen molar-refractivity contribution in [2.45, 2.75) is 37.5 Å². The molecule has 1 aliphatic carbocycles. The predicted molar refractivity (Wildman–Crippen MR) is 79.4 cm³/mol. The molecule has 6 heteroatoms. The van der Waals surface area contributed by atoms with Gasteiger partial charge in [-0.05, 0) is 31.1 Å². The van der Waals surface area contributed by atoms with Crippen molar-refractivity contribution in [1.82, 2.24) is 4.98 Å². The number of hydrogen-bond donors (Lipinski definition) is 2. The van der Waals surface area contributed by atoms with Crippen molar-refractivity contribution in [2.75, 3.05) is 11.1 Å². The highest BCUT2D eigenvalue weighted by molar-refractivity contribution is 7.99. The Morgan fingerprint density at radius 2 is 2.42 bits per heavy atom. The number of halogens is 1. The van der Waals surface area contributed by atoms with Crippen LogP contribution in [0, 0.1) is 0 Å². The fourth-order valence-corrected chi connectivity index (χ4v) is 3.68. The minimum atomic E-state index is -1.03. The Labute approximate surface area is 121 Å². The maximum atomic E-state index is 11.0. The van der Waals surface area contributed by atoms with Crippen molar-refractivity contribution < 1.29 is 9.90 Å². The Kier molecular flexibility index (Phi) is 4.93. The number of nitrogens with one attached hydrogen (secondary N) is 1. The number of anilines is 1. The summed E-state index contributed by atoms with van der Waals surface area (Å²) in [5.74, 6) is 0.704. The molecule has 1 aliphatic rings. The van der Waals surface area contributed by atoms with Gasteiger partial charge < -0.3 is 10.4 Å². The third-order valence-electron chi connectivity index (χ3n) is 3.22. The molecule has 1 fully saturated rings. The lowest BCUT2D eigenvalue weighted by molar-refractivity contribution is 0.0697. The lowest BCUT2D eigenvalue weighted by atomic mass is 10.2. The Balaban J connectivity index is 2.00. The van der Waals surface area contributed by atoms with E-state index in [0.717, 1.165) is 18.6 Å². The molecule has 0 amide bonds. The Hall–Kier alpha value is -0.940. The molecule has 1 aromatic rings. The van der Waals surface area contributed by atoms with E-state index in [1.807, 2.05) is 11.8 Å². The van der Waals surface area contributed by atoms with Crippen LogP contribution in [0.5, 0.6) is 0 Å². The number of hydrogen-bond acceptors (Lipinski definition) is 4. The second-order valence-electron chi connectivity index (χ2n) is 4.59. The van der Waals surface area contributed by atoms with E-state index < -0.39 is 5.97 Å². The topological polar surface area (TPSA) is 62.2 Å². The van der Waals surface area contributed by atoms with E-state index in [-0.39, 0.29) is 10.6 Å². The molecule has 0 bridgehead atoms. The van der Waals surface area contributed by atoms with Gasteiger partial charge in [-0.2, -0.15) is 11.8 Å². The first kappa shape index (κ1) is 14.5. The number of aromatic carboxylic acids is 1. The molecule has 0 spiro atoms. The summed E-state index contributed by atoms with van der Waals surface area (Å²) < 4.78 is 0. The van der Waals surface area contributed by atoms with Crippen molar-refractivity contribution in [3.63, 3.8) is 0 Å². The fraction of sp³-hybridized carbons (Fsp3) is 0.538. The molecule has 2 N–H and O–H groups in total. The van der Waals surface area contributed by atoms with Crippen LogP contribution in [0.4, 0.5) is 5.82 Å². The van der Waals surface area contributed by atoms with E-state index in [4.69, 9.17) is 16.7 Å². The second-order valence-corrected chi connectivity index (χ2v) is 6.57. The number of rotatable bonds is 5. The average molecular weight is 301 g/mol. The number of pyridine rings is 1. The lowest BCUT2D eigenvalue weighted by Crippen LogP contribution is -2.17. The van der Waals surface area contributed by atoms with Gasteiger partial charge in [-0.15, -0.1) is 0 Å². The molecule has 2 unspecified atom stereocenters. The van der Waals surface area contributed by atoms with Crippen molar-refractivity contribution in [1.29, 1.82) is 0 Å². The zero-order valence-electron chi connectivity index (χ0n) is 10.7. The highest BCUT2D eigenvalue weighted by atomic mass is 35.5. The number of carboxylic acids is 1. The first-order valence-electron chi connectivity index (χ1n) is 6.37. The van der Waals surface area contributed by atoms with Crippen LogP contribution in [-0.2, 0) is 0 Å². The largest absolute Gasteiger partial charge is 0.478 e. The summed E-state index contributed by atoms with van der Waals surface area (Å²) in [7, 11) is 0. The van der Waals surface area contributed by atoms with Gasteiger partial charge in [-0.3, -0.25) is 0 Å². The monoisotopic (exact) mass is 300 g/mol. The van der Waals surface area contributed by atoms with E-state index >= 15 is 0 Å². The molecule has 2 rings (SSSR count). The molecule has 1 heterocycles. The normalized spacial score (nSPS) is 22.4. The highest BCUT2D eigenvalue weighted by Gasteiger charge is 2.24. The smallest absolute Gasteiger partial charge is 0.337 e. The van der Waals surface area contributed by atoms with Crippen LogP contribution in [-0.4, -0.2) is 33.1 Å². The zero-order chi connectivity index (χ0) is 13.8. The van der Waals surface area contributed by atoms with E-state index in [0.29, 0.717) is 17.1 Å². The van der Waals surface area contributed by atoms with Crippen LogP contribution >= 0.6 is 23.4 Å². The van der Waals surface area contributed by atoms with Crippen LogP contribution in [0.2, 0.25) is 5.02 Å². The predicted octanol–water partition coefficient (Wildman–Crippen LogP) is 3.52. The lowest BCUT2D eigenvalue weighted by Gasteiger charge is -2.14. The van der Waals surface area contributed by atoms with Gasteiger partial charge in [0.05, 0.1) is 10.6 Å². The quantitative estimate of drug-likeness (QED) is 0.871. The second kappa shape index (κ2) is 6.48. The minimum Gasteiger partial charge on any atom is -0.478 e. The first-order chi connectivity index (χ1) is 9.10. The molecule has 0 saturated heterocycles. The summed E-state index contributed by atoms with van der Waals surface area (Å²) >= 11 is 7.79. The summed E-state index contributed by atoms with van der Waals surface area (Å²) in [6, 6.07) is 1.88. The third-order valence-corrected chi connectivity index (χ3v) is 4.76. The van der Waals surface area contributed by atoms with E-state index in [1.165, 1.54) is 18.7 Å². The summed E-state index contributed by atoms with van der Waals surface area (Å²) in [5, 5.41) is 13.2. The number of aromatic nitrogens is 1.